The van der Waals surface area contributed by atoms with Crippen LogP contribution in [0.1, 0.15) is 5.56 Å². The van der Waals surface area contributed by atoms with E-state index >= 15 is 0 Å². The third-order valence-corrected chi connectivity index (χ3v) is 3.34. The van der Waals surface area contributed by atoms with Gasteiger partial charge in [-0.05, 0) is 29.5 Å². The summed E-state index contributed by atoms with van der Waals surface area (Å²) in [5.41, 5.74) is 2.17. The molecule has 18 heavy (non-hydrogen) atoms. The van der Waals surface area contributed by atoms with Crippen LogP contribution in [0, 0.1) is 0 Å². The van der Waals surface area contributed by atoms with E-state index in [1.807, 2.05) is 18.2 Å². The number of halogens is 2. The minimum absolute atomic E-state index is 0.171. The van der Waals surface area contributed by atoms with Gasteiger partial charge < -0.3 is 5.32 Å². The van der Waals surface area contributed by atoms with Crippen molar-refractivity contribution in [1.29, 1.82) is 0 Å². The van der Waals surface area contributed by atoms with Crippen molar-refractivity contribution in [1.82, 2.24) is 9.97 Å². The van der Waals surface area contributed by atoms with Crippen molar-refractivity contribution in [3.63, 3.8) is 0 Å². The maximum atomic E-state index is 6.02. The fourth-order valence-electron chi connectivity index (χ4n) is 1.48. The van der Waals surface area contributed by atoms with E-state index in [-0.39, 0.29) is 5.28 Å². The van der Waals surface area contributed by atoms with Crippen LogP contribution in [0.15, 0.2) is 30.5 Å². The number of thioether (sulfide) groups is 1. The summed E-state index contributed by atoms with van der Waals surface area (Å²) in [6.07, 6.45) is 3.54. The van der Waals surface area contributed by atoms with Crippen LogP contribution in [-0.4, -0.2) is 16.2 Å². The number of benzene rings is 1. The molecule has 1 heterocycles. The molecule has 2 aromatic rings. The van der Waals surface area contributed by atoms with E-state index in [0.717, 1.165) is 11.4 Å². The lowest BCUT2D eigenvalue weighted by atomic mass is 10.2. The van der Waals surface area contributed by atoms with Crippen molar-refractivity contribution in [2.24, 2.45) is 0 Å². The summed E-state index contributed by atoms with van der Waals surface area (Å²) < 4.78 is 0. The Hall–Kier alpha value is -0.970. The lowest BCUT2D eigenvalue weighted by Gasteiger charge is -2.11. The first-order valence-corrected chi connectivity index (χ1v) is 7.37. The first-order valence-electron chi connectivity index (χ1n) is 5.22. The van der Waals surface area contributed by atoms with Gasteiger partial charge in [-0.25, -0.2) is 4.98 Å². The minimum atomic E-state index is 0.171. The molecular weight excluding hydrogens is 289 g/mol. The van der Waals surface area contributed by atoms with Crippen LogP contribution in [0.2, 0.25) is 10.3 Å². The van der Waals surface area contributed by atoms with E-state index in [4.69, 9.17) is 23.2 Å². The molecule has 0 saturated heterocycles. The van der Waals surface area contributed by atoms with E-state index in [2.05, 4.69) is 27.6 Å². The third kappa shape index (κ3) is 3.28. The Morgan fingerprint density at radius 1 is 1.28 bits per heavy atom. The number of hydrogen-bond acceptors (Lipinski definition) is 4. The zero-order valence-corrected chi connectivity index (χ0v) is 12.0. The van der Waals surface area contributed by atoms with Gasteiger partial charge in [-0.2, -0.15) is 16.7 Å². The monoisotopic (exact) mass is 299 g/mol. The van der Waals surface area contributed by atoms with Crippen LogP contribution in [0.3, 0.4) is 0 Å². The van der Waals surface area contributed by atoms with E-state index < -0.39 is 0 Å². The molecule has 1 aromatic carbocycles. The highest BCUT2D eigenvalue weighted by Crippen LogP contribution is 2.27. The van der Waals surface area contributed by atoms with Crippen LogP contribution in [0.4, 0.5) is 11.5 Å². The zero-order chi connectivity index (χ0) is 13.0. The molecule has 0 unspecified atom stereocenters. The van der Waals surface area contributed by atoms with Crippen molar-refractivity contribution >= 4 is 46.5 Å². The van der Waals surface area contributed by atoms with Gasteiger partial charge in [-0.1, -0.05) is 29.8 Å². The molecule has 0 fully saturated rings. The van der Waals surface area contributed by atoms with Gasteiger partial charge in [0.05, 0.1) is 6.20 Å². The van der Waals surface area contributed by atoms with Crippen molar-refractivity contribution in [2.45, 2.75) is 5.75 Å². The second-order valence-electron chi connectivity index (χ2n) is 3.55. The predicted octanol–water partition coefficient (Wildman–Crippen LogP) is 4.39. The fraction of sp³-hybridized carbons (Fsp3) is 0.167. The Morgan fingerprint density at radius 2 is 2.06 bits per heavy atom. The Bertz CT molecular complexity index is 549. The molecule has 6 heteroatoms. The lowest BCUT2D eigenvalue weighted by Crippen LogP contribution is -1.99. The Morgan fingerprint density at radius 3 is 2.83 bits per heavy atom. The Labute approximate surface area is 120 Å². The molecule has 0 spiro atoms. The number of hydrogen-bond donors (Lipinski definition) is 1. The molecule has 0 aliphatic heterocycles. The summed E-state index contributed by atoms with van der Waals surface area (Å²) in [5, 5.41) is 3.80. The van der Waals surface area contributed by atoms with Gasteiger partial charge in [0.1, 0.15) is 5.02 Å². The molecule has 2 rings (SSSR count). The topological polar surface area (TPSA) is 37.8 Å². The highest BCUT2D eigenvalue weighted by Gasteiger charge is 2.07. The number of aromatic nitrogens is 2. The van der Waals surface area contributed by atoms with Gasteiger partial charge >= 0.3 is 0 Å². The van der Waals surface area contributed by atoms with Crippen LogP contribution >= 0.6 is 35.0 Å². The first-order chi connectivity index (χ1) is 8.70. The van der Waals surface area contributed by atoms with Crippen LogP contribution in [-0.2, 0) is 5.75 Å². The van der Waals surface area contributed by atoms with Crippen LogP contribution in [0.25, 0.3) is 0 Å². The smallest absolute Gasteiger partial charge is 0.224 e. The molecule has 94 valence electrons. The Kier molecular flexibility index (Phi) is 4.69. The fourth-order valence-corrected chi connectivity index (χ4v) is 2.32. The second kappa shape index (κ2) is 6.27. The average molecular weight is 300 g/mol. The molecule has 1 aromatic heterocycles. The SMILES string of the molecule is CSCc1ccccc1Nc1nc(Cl)ncc1Cl. The Balaban J connectivity index is 2.30. The summed E-state index contributed by atoms with van der Waals surface area (Å²) in [6.45, 7) is 0. The van der Waals surface area contributed by atoms with Crippen molar-refractivity contribution in [3.8, 4) is 0 Å². The molecule has 0 bridgehead atoms. The van der Waals surface area contributed by atoms with Crippen LogP contribution in [0.5, 0.6) is 0 Å². The second-order valence-corrected chi connectivity index (χ2v) is 5.16. The molecule has 0 saturated carbocycles. The quantitative estimate of drug-likeness (QED) is 0.850. The van der Waals surface area contributed by atoms with Gasteiger partial charge in [-0.15, -0.1) is 0 Å². The largest absolute Gasteiger partial charge is 0.339 e. The third-order valence-electron chi connectivity index (χ3n) is 2.28. The molecule has 0 atom stereocenters. The summed E-state index contributed by atoms with van der Waals surface area (Å²) in [4.78, 5) is 7.89. The van der Waals surface area contributed by atoms with Gasteiger partial charge in [0, 0.05) is 11.4 Å². The van der Waals surface area contributed by atoms with Crippen molar-refractivity contribution in [3.05, 3.63) is 46.3 Å². The normalized spacial score (nSPS) is 10.4. The van der Waals surface area contributed by atoms with Gasteiger partial charge in [0.25, 0.3) is 0 Å². The summed E-state index contributed by atoms with van der Waals surface area (Å²) in [5.74, 6) is 1.43. The highest BCUT2D eigenvalue weighted by molar-refractivity contribution is 7.97. The molecule has 0 aliphatic carbocycles. The maximum absolute atomic E-state index is 6.02. The summed E-state index contributed by atoms with van der Waals surface area (Å²) in [6, 6.07) is 8.02. The molecular formula is C12H11Cl2N3S. The number of nitrogens with zero attached hydrogens (tertiary/aromatic N) is 2. The summed E-state index contributed by atoms with van der Waals surface area (Å²) in [7, 11) is 0. The standard InChI is InChI=1S/C12H11Cl2N3S/c1-18-7-8-4-2-3-5-10(8)16-11-9(13)6-15-12(14)17-11/h2-6H,7H2,1H3,(H,15,16,17). The van der Waals surface area contributed by atoms with E-state index in [1.165, 1.54) is 11.8 Å². The highest BCUT2D eigenvalue weighted by atomic mass is 35.5. The van der Waals surface area contributed by atoms with Crippen molar-refractivity contribution < 1.29 is 0 Å². The zero-order valence-electron chi connectivity index (χ0n) is 9.65. The van der Waals surface area contributed by atoms with Crippen LogP contribution < -0.4 is 5.32 Å². The summed E-state index contributed by atoms with van der Waals surface area (Å²) >= 11 is 13.5. The van der Waals surface area contributed by atoms with Crippen molar-refractivity contribution in [2.75, 3.05) is 11.6 Å². The van der Waals surface area contributed by atoms with E-state index in [0.29, 0.717) is 10.8 Å². The number of rotatable bonds is 4. The van der Waals surface area contributed by atoms with Gasteiger partial charge in [0.15, 0.2) is 5.82 Å². The molecule has 0 radical (unpaired) electrons. The molecule has 3 nitrogen and oxygen atoms in total. The molecule has 0 amide bonds. The average Bonchev–Trinajstić information content (AvgIpc) is 2.36. The first kappa shape index (κ1) is 13.5. The lowest BCUT2D eigenvalue weighted by molar-refractivity contribution is 1.16. The number of nitrogens with one attached hydrogen (secondary N) is 1. The minimum Gasteiger partial charge on any atom is -0.339 e. The van der Waals surface area contributed by atoms with Gasteiger partial charge in [0.2, 0.25) is 5.28 Å². The maximum Gasteiger partial charge on any atom is 0.224 e. The van der Waals surface area contributed by atoms with E-state index in [1.54, 1.807) is 11.8 Å². The van der Waals surface area contributed by atoms with E-state index in [9.17, 15) is 0 Å². The molecule has 1 N–H and O–H groups in total. The number of para-hydroxylation sites is 1. The number of anilines is 2. The molecule has 0 aliphatic rings. The van der Waals surface area contributed by atoms with Gasteiger partial charge in [-0.3, -0.25) is 0 Å². The predicted molar refractivity (Wildman–Crippen MR) is 79.0 cm³/mol.